The van der Waals surface area contributed by atoms with Crippen molar-refractivity contribution in [2.45, 2.75) is 52.4 Å². The van der Waals surface area contributed by atoms with Crippen molar-refractivity contribution in [3.63, 3.8) is 0 Å². The van der Waals surface area contributed by atoms with Crippen LogP contribution in [-0.2, 0) is 9.53 Å². The van der Waals surface area contributed by atoms with Gasteiger partial charge in [-0.05, 0) is 26.2 Å². The summed E-state index contributed by atoms with van der Waals surface area (Å²) in [5, 5.41) is 2.96. The molecule has 1 amide bonds. The Morgan fingerprint density at radius 2 is 2.22 bits per heavy atom. The SMILES string of the molecule is CCCCCC/C(C)=C/C(=O)NCC1CCOC1. The Morgan fingerprint density at radius 1 is 1.39 bits per heavy atom. The van der Waals surface area contributed by atoms with Gasteiger partial charge >= 0.3 is 0 Å². The van der Waals surface area contributed by atoms with E-state index in [4.69, 9.17) is 4.74 Å². The average molecular weight is 253 g/mol. The molecule has 1 N–H and O–H groups in total. The van der Waals surface area contributed by atoms with Gasteiger partial charge in [0, 0.05) is 25.1 Å². The van der Waals surface area contributed by atoms with E-state index in [9.17, 15) is 4.79 Å². The predicted octanol–water partition coefficient (Wildman–Crippen LogP) is 3.06. The summed E-state index contributed by atoms with van der Waals surface area (Å²) in [5.41, 5.74) is 1.19. The third-order valence-corrected chi connectivity index (χ3v) is 3.39. The maximum atomic E-state index is 11.7. The van der Waals surface area contributed by atoms with Gasteiger partial charge in [-0.3, -0.25) is 4.79 Å². The summed E-state index contributed by atoms with van der Waals surface area (Å²) in [4.78, 5) is 11.7. The highest BCUT2D eigenvalue weighted by molar-refractivity contribution is 5.88. The lowest BCUT2D eigenvalue weighted by atomic mass is 10.1. The van der Waals surface area contributed by atoms with Gasteiger partial charge in [-0.15, -0.1) is 0 Å². The second-order valence-corrected chi connectivity index (χ2v) is 5.28. The minimum atomic E-state index is 0.0508. The van der Waals surface area contributed by atoms with Crippen molar-refractivity contribution in [3.8, 4) is 0 Å². The molecule has 0 bridgehead atoms. The van der Waals surface area contributed by atoms with Gasteiger partial charge < -0.3 is 10.1 Å². The van der Waals surface area contributed by atoms with Crippen LogP contribution in [0.15, 0.2) is 11.6 Å². The first-order valence-corrected chi connectivity index (χ1v) is 7.25. The molecule has 104 valence electrons. The first-order valence-electron chi connectivity index (χ1n) is 7.25. The molecule has 1 unspecified atom stereocenters. The summed E-state index contributed by atoms with van der Waals surface area (Å²) in [6.45, 7) is 6.64. The van der Waals surface area contributed by atoms with Crippen LogP contribution in [0.2, 0.25) is 0 Å². The van der Waals surface area contributed by atoms with E-state index in [1.54, 1.807) is 6.08 Å². The van der Waals surface area contributed by atoms with Gasteiger partial charge in [0.05, 0.1) is 6.61 Å². The molecular weight excluding hydrogens is 226 g/mol. The van der Waals surface area contributed by atoms with E-state index in [0.717, 1.165) is 32.6 Å². The molecule has 1 atom stereocenters. The molecule has 18 heavy (non-hydrogen) atoms. The van der Waals surface area contributed by atoms with Gasteiger partial charge in [0.1, 0.15) is 0 Å². The van der Waals surface area contributed by atoms with Crippen molar-refractivity contribution in [2.24, 2.45) is 5.92 Å². The second-order valence-electron chi connectivity index (χ2n) is 5.28. The van der Waals surface area contributed by atoms with Crippen molar-refractivity contribution in [2.75, 3.05) is 19.8 Å². The fourth-order valence-electron chi connectivity index (χ4n) is 2.17. The summed E-state index contributed by atoms with van der Waals surface area (Å²) in [7, 11) is 0. The van der Waals surface area contributed by atoms with E-state index < -0.39 is 0 Å². The Kier molecular flexibility index (Phi) is 7.74. The van der Waals surface area contributed by atoms with Crippen molar-refractivity contribution in [1.29, 1.82) is 0 Å². The Hall–Kier alpha value is -0.830. The molecule has 1 fully saturated rings. The first kappa shape index (κ1) is 15.2. The standard InChI is InChI=1S/C15H27NO2/c1-3-4-5-6-7-13(2)10-15(17)16-11-14-8-9-18-12-14/h10,14H,3-9,11-12H2,1-2H3,(H,16,17)/b13-10+. The van der Waals surface area contributed by atoms with Gasteiger partial charge in [0.2, 0.25) is 5.91 Å². The van der Waals surface area contributed by atoms with E-state index in [1.165, 1.54) is 31.3 Å². The number of unbranched alkanes of at least 4 members (excludes halogenated alkanes) is 3. The highest BCUT2D eigenvalue weighted by atomic mass is 16.5. The zero-order valence-corrected chi connectivity index (χ0v) is 11.8. The second kappa shape index (κ2) is 9.15. The van der Waals surface area contributed by atoms with Crippen LogP contribution in [-0.4, -0.2) is 25.7 Å². The normalized spacial score (nSPS) is 20.1. The number of hydrogen-bond acceptors (Lipinski definition) is 2. The number of ether oxygens (including phenoxy) is 1. The Balaban J connectivity index is 2.11. The number of allylic oxidation sites excluding steroid dienone is 1. The monoisotopic (exact) mass is 253 g/mol. The van der Waals surface area contributed by atoms with Crippen LogP contribution in [0.4, 0.5) is 0 Å². The van der Waals surface area contributed by atoms with Gasteiger partial charge in [0.25, 0.3) is 0 Å². The minimum absolute atomic E-state index is 0.0508. The summed E-state index contributed by atoms with van der Waals surface area (Å²) in [6.07, 6.45) is 8.87. The lowest BCUT2D eigenvalue weighted by Gasteiger charge is -2.08. The van der Waals surface area contributed by atoms with Gasteiger partial charge in [0.15, 0.2) is 0 Å². The molecule has 0 saturated carbocycles. The van der Waals surface area contributed by atoms with Crippen LogP contribution in [0.3, 0.4) is 0 Å². The number of nitrogens with one attached hydrogen (secondary N) is 1. The number of carbonyl (C=O) groups excluding carboxylic acids is 1. The first-order chi connectivity index (χ1) is 8.72. The maximum Gasteiger partial charge on any atom is 0.243 e. The van der Waals surface area contributed by atoms with E-state index in [2.05, 4.69) is 12.2 Å². The summed E-state index contributed by atoms with van der Waals surface area (Å²) >= 11 is 0. The van der Waals surface area contributed by atoms with Crippen molar-refractivity contribution in [3.05, 3.63) is 11.6 Å². The van der Waals surface area contributed by atoms with E-state index >= 15 is 0 Å². The summed E-state index contributed by atoms with van der Waals surface area (Å²) in [6, 6.07) is 0. The van der Waals surface area contributed by atoms with Crippen LogP contribution >= 0.6 is 0 Å². The molecule has 1 heterocycles. The molecule has 0 aromatic carbocycles. The molecule has 3 nitrogen and oxygen atoms in total. The van der Waals surface area contributed by atoms with Crippen molar-refractivity contribution >= 4 is 5.91 Å². The number of rotatable bonds is 8. The summed E-state index contributed by atoms with van der Waals surface area (Å²) < 4.78 is 5.28. The third-order valence-electron chi connectivity index (χ3n) is 3.39. The molecule has 1 rings (SSSR count). The highest BCUT2D eigenvalue weighted by Gasteiger charge is 2.15. The van der Waals surface area contributed by atoms with Crippen LogP contribution in [0, 0.1) is 5.92 Å². The zero-order chi connectivity index (χ0) is 13.2. The molecule has 0 radical (unpaired) electrons. The summed E-state index contributed by atoms with van der Waals surface area (Å²) in [5.74, 6) is 0.558. The molecule has 1 aliphatic rings. The molecule has 0 aliphatic carbocycles. The topological polar surface area (TPSA) is 38.3 Å². The fraction of sp³-hybridized carbons (Fsp3) is 0.800. The molecule has 0 aromatic heterocycles. The molecule has 0 aromatic rings. The van der Waals surface area contributed by atoms with Gasteiger partial charge in [-0.1, -0.05) is 31.8 Å². The number of hydrogen-bond donors (Lipinski definition) is 1. The molecular formula is C15H27NO2. The van der Waals surface area contributed by atoms with Gasteiger partial charge in [-0.2, -0.15) is 0 Å². The van der Waals surface area contributed by atoms with Crippen LogP contribution in [0.1, 0.15) is 52.4 Å². The highest BCUT2D eigenvalue weighted by Crippen LogP contribution is 2.11. The van der Waals surface area contributed by atoms with Gasteiger partial charge in [-0.25, -0.2) is 0 Å². The fourth-order valence-corrected chi connectivity index (χ4v) is 2.17. The maximum absolute atomic E-state index is 11.7. The van der Waals surface area contributed by atoms with E-state index in [0.29, 0.717) is 5.92 Å². The average Bonchev–Trinajstić information content (AvgIpc) is 2.85. The predicted molar refractivity (Wildman–Crippen MR) is 74.5 cm³/mol. The van der Waals surface area contributed by atoms with E-state index in [-0.39, 0.29) is 5.91 Å². The largest absolute Gasteiger partial charge is 0.381 e. The Morgan fingerprint density at radius 3 is 2.89 bits per heavy atom. The number of carbonyl (C=O) groups is 1. The van der Waals surface area contributed by atoms with E-state index in [1.807, 2.05) is 6.92 Å². The van der Waals surface area contributed by atoms with Crippen LogP contribution in [0.25, 0.3) is 0 Å². The van der Waals surface area contributed by atoms with Crippen molar-refractivity contribution < 1.29 is 9.53 Å². The third kappa shape index (κ3) is 6.80. The van der Waals surface area contributed by atoms with Crippen molar-refractivity contribution in [1.82, 2.24) is 5.32 Å². The lowest BCUT2D eigenvalue weighted by Crippen LogP contribution is -2.28. The molecule has 0 spiro atoms. The Bertz CT molecular complexity index is 268. The molecule has 1 saturated heterocycles. The minimum Gasteiger partial charge on any atom is -0.381 e. The lowest BCUT2D eigenvalue weighted by molar-refractivity contribution is -0.116. The number of amides is 1. The Labute approximate surface area is 111 Å². The quantitative estimate of drug-likeness (QED) is 0.533. The molecule has 1 aliphatic heterocycles. The smallest absolute Gasteiger partial charge is 0.243 e. The molecule has 3 heteroatoms. The zero-order valence-electron chi connectivity index (χ0n) is 11.8. The van der Waals surface area contributed by atoms with Crippen LogP contribution in [0.5, 0.6) is 0 Å². The van der Waals surface area contributed by atoms with Crippen LogP contribution < -0.4 is 5.32 Å².